The Morgan fingerprint density at radius 3 is 2.58 bits per heavy atom. The summed E-state index contributed by atoms with van der Waals surface area (Å²) in [6, 6.07) is 0.221. The number of nitrogens with zero attached hydrogens (tertiary/aromatic N) is 1. The molecule has 0 radical (unpaired) electrons. The molecule has 108 valence electrons. The van der Waals surface area contributed by atoms with E-state index < -0.39 is 0 Å². The number of rotatable bonds is 7. The Morgan fingerprint density at radius 2 is 2.00 bits per heavy atom. The van der Waals surface area contributed by atoms with Gasteiger partial charge in [0.25, 0.3) is 0 Å². The lowest BCUT2D eigenvalue weighted by Gasteiger charge is -2.31. The van der Waals surface area contributed by atoms with E-state index >= 15 is 0 Å². The smallest absolute Gasteiger partial charge is 0.234 e. The summed E-state index contributed by atoms with van der Waals surface area (Å²) in [6.45, 7) is 6.67. The van der Waals surface area contributed by atoms with Crippen molar-refractivity contribution in [3.05, 3.63) is 12.7 Å². The number of likely N-dealkylation sites (N-methyl/N-ethyl adjacent to an activating group) is 1. The van der Waals surface area contributed by atoms with Crippen molar-refractivity contribution in [3.8, 4) is 0 Å². The lowest BCUT2D eigenvalue weighted by atomic mass is 10.1. The SMILES string of the molecule is C=CCNCC(=O)NC1CCN(CC(=O)NC)CC1. The molecular formula is C13H24N4O2. The van der Waals surface area contributed by atoms with Crippen molar-refractivity contribution in [2.24, 2.45) is 0 Å². The zero-order valence-corrected chi connectivity index (χ0v) is 11.6. The maximum Gasteiger partial charge on any atom is 0.234 e. The fraction of sp³-hybridized carbons (Fsp3) is 0.692. The molecule has 19 heavy (non-hydrogen) atoms. The van der Waals surface area contributed by atoms with Gasteiger partial charge in [-0.2, -0.15) is 0 Å². The van der Waals surface area contributed by atoms with E-state index in [1.54, 1.807) is 13.1 Å². The van der Waals surface area contributed by atoms with Gasteiger partial charge in [-0.1, -0.05) is 6.08 Å². The molecular weight excluding hydrogens is 244 g/mol. The van der Waals surface area contributed by atoms with Crippen LogP contribution in [0.3, 0.4) is 0 Å². The van der Waals surface area contributed by atoms with Gasteiger partial charge < -0.3 is 16.0 Å². The van der Waals surface area contributed by atoms with Crippen molar-refractivity contribution < 1.29 is 9.59 Å². The van der Waals surface area contributed by atoms with Gasteiger partial charge >= 0.3 is 0 Å². The molecule has 3 N–H and O–H groups in total. The van der Waals surface area contributed by atoms with Gasteiger partial charge in [-0.25, -0.2) is 0 Å². The second-order valence-corrected chi connectivity index (χ2v) is 4.71. The highest BCUT2D eigenvalue weighted by Gasteiger charge is 2.21. The second kappa shape index (κ2) is 8.66. The van der Waals surface area contributed by atoms with Crippen LogP contribution >= 0.6 is 0 Å². The van der Waals surface area contributed by atoms with Crippen LogP contribution in [0.4, 0.5) is 0 Å². The van der Waals surface area contributed by atoms with Crippen molar-refractivity contribution in [3.63, 3.8) is 0 Å². The van der Waals surface area contributed by atoms with E-state index in [4.69, 9.17) is 0 Å². The molecule has 0 unspecified atom stereocenters. The van der Waals surface area contributed by atoms with Crippen molar-refractivity contribution in [2.75, 3.05) is 39.8 Å². The fourth-order valence-electron chi connectivity index (χ4n) is 2.08. The largest absolute Gasteiger partial charge is 0.358 e. The van der Waals surface area contributed by atoms with Crippen molar-refractivity contribution in [2.45, 2.75) is 18.9 Å². The van der Waals surface area contributed by atoms with Crippen LogP contribution in [-0.2, 0) is 9.59 Å². The molecule has 6 nitrogen and oxygen atoms in total. The second-order valence-electron chi connectivity index (χ2n) is 4.71. The molecule has 0 aliphatic carbocycles. The molecule has 1 fully saturated rings. The van der Waals surface area contributed by atoms with Crippen LogP contribution < -0.4 is 16.0 Å². The number of hydrogen-bond donors (Lipinski definition) is 3. The molecule has 2 amide bonds. The monoisotopic (exact) mass is 268 g/mol. The first-order chi connectivity index (χ1) is 9.15. The summed E-state index contributed by atoms with van der Waals surface area (Å²) in [4.78, 5) is 25.0. The summed E-state index contributed by atoms with van der Waals surface area (Å²) in [5, 5.41) is 8.59. The minimum atomic E-state index is 0.0200. The molecule has 0 aromatic carbocycles. The maximum absolute atomic E-state index is 11.6. The average molecular weight is 268 g/mol. The molecule has 0 aromatic heterocycles. The summed E-state index contributed by atoms with van der Waals surface area (Å²) < 4.78 is 0. The maximum atomic E-state index is 11.6. The van der Waals surface area contributed by atoms with Crippen molar-refractivity contribution >= 4 is 11.8 Å². The van der Waals surface area contributed by atoms with E-state index in [0.717, 1.165) is 25.9 Å². The number of nitrogens with one attached hydrogen (secondary N) is 3. The number of piperidine rings is 1. The zero-order chi connectivity index (χ0) is 14.1. The quantitative estimate of drug-likeness (QED) is 0.413. The molecule has 1 heterocycles. The average Bonchev–Trinajstić information content (AvgIpc) is 2.41. The predicted octanol–water partition coefficient (Wildman–Crippen LogP) is -0.911. The molecule has 1 saturated heterocycles. The lowest BCUT2D eigenvalue weighted by molar-refractivity contribution is -0.123. The number of likely N-dealkylation sites (tertiary alicyclic amines) is 1. The van der Waals surface area contributed by atoms with Crippen LogP contribution in [0.5, 0.6) is 0 Å². The fourth-order valence-corrected chi connectivity index (χ4v) is 2.08. The Balaban J connectivity index is 2.17. The standard InChI is InChI=1S/C13H24N4O2/c1-3-6-15-9-12(18)16-11-4-7-17(8-5-11)10-13(19)14-2/h3,11,15H,1,4-10H2,2H3,(H,14,19)(H,16,18). The predicted molar refractivity (Wildman–Crippen MR) is 74.7 cm³/mol. The molecule has 1 rings (SSSR count). The van der Waals surface area contributed by atoms with Crippen LogP contribution in [0.1, 0.15) is 12.8 Å². The highest BCUT2D eigenvalue weighted by molar-refractivity contribution is 5.78. The summed E-state index contributed by atoms with van der Waals surface area (Å²) in [7, 11) is 1.64. The summed E-state index contributed by atoms with van der Waals surface area (Å²) in [6.07, 6.45) is 3.51. The first kappa shape index (κ1) is 15.7. The van der Waals surface area contributed by atoms with Crippen molar-refractivity contribution in [1.82, 2.24) is 20.9 Å². The van der Waals surface area contributed by atoms with Crippen LogP contribution in [0.2, 0.25) is 0 Å². The number of amides is 2. The van der Waals surface area contributed by atoms with E-state index in [1.165, 1.54) is 0 Å². The molecule has 0 bridgehead atoms. The van der Waals surface area contributed by atoms with Gasteiger partial charge in [-0.05, 0) is 12.8 Å². The van der Waals surface area contributed by atoms with Gasteiger partial charge in [-0.3, -0.25) is 14.5 Å². The Kier molecular flexibility index (Phi) is 7.14. The third-order valence-corrected chi connectivity index (χ3v) is 3.17. The Bertz CT molecular complexity index is 312. The first-order valence-electron chi connectivity index (χ1n) is 6.69. The molecule has 0 aromatic rings. The van der Waals surface area contributed by atoms with E-state index in [0.29, 0.717) is 19.6 Å². The Labute approximate surface area is 114 Å². The number of carbonyl (C=O) groups is 2. The summed E-state index contributed by atoms with van der Waals surface area (Å²) >= 11 is 0. The number of hydrogen-bond acceptors (Lipinski definition) is 4. The van der Waals surface area contributed by atoms with Crippen LogP contribution in [-0.4, -0.2) is 62.5 Å². The highest BCUT2D eigenvalue weighted by atomic mass is 16.2. The van der Waals surface area contributed by atoms with Crippen LogP contribution in [0.15, 0.2) is 12.7 Å². The van der Waals surface area contributed by atoms with Gasteiger partial charge in [0.1, 0.15) is 0 Å². The van der Waals surface area contributed by atoms with Gasteiger partial charge in [0.05, 0.1) is 13.1 Å². The lowest BCUT2D eigenvalue weighted by Crippen LogP contribution is -2.48. The topological polar surface area (TPSA) is 73.5 Å². The van der Waals surface area contributed by atoms with Gasteiger partial charge in [0.15, 0.2) is 0 Å². The normalized spacial score (nSPS) is 16.9. The third-order valence-electron chi connectivity index (χ3n) is 3.17. The zero-order valence-electron chi connectivity index (χ0n) is 11.6. The third kappa shape index (κ3) is 6.35. The minimum Gasteiger partial charge on any atom is -0.358 e. The molecule has 1 aliphatic rings. The summed E-state index contributed by atoms with van der Waals surface area (Å²) in [5.74, 6) is 0.0581. The van der Waals surface area contributed by atoms with Gasteiger partial charge in [0, 0.05) is 32.7 Å². The minimum absolute atomic E-state index is 0.0200. The van der Waals surface area contributed by atoms with Gasteiger partial charge in [0.2, 0.25) is 11.8 Å². The van der Waals surface area contributed by atoms with Crippen LogP contribution in [0.25, 0.3) is 0 Å². The first-order valence-corrected chi connectivity index (χ1v) is 6.69. The van der Waals surface area contributed by atoms with Crippen molar-refractivity contribution in [1.29, 1.82) is 0 Å². The number of carbonyl (C=O) groups excluding carboxylic acids is 2. The van der Waals surface area contributed by atoms with Crippen LogP contribution in [0, 0.1) is 0 Å². The molecule has 6 heteroatoms. The molecule has 0 saturated carbocycles. The highest BCUT2D eigenvalue weighted by Crippen LogP contribution is 2.09. The van der Waals surface area contributed by atoms with E-state index in [-0.39, 0.29) is 17.9 Å². The van der Waals surface area contributed by atoms with Gasteiger partial charge in [-0.15, -0.1) is 6.58 Å². The molecule has 0 spiro atoms. The Morgan fingerprint density at radius 1 is 1.32 bits per heavy atom. The Hall–Kier alpha value is -1.40. The molecule has 0 atom stereocenters. The van der Waals surface area contributed by atoms with E-state index in [1.807, 2.05) is 0 Å². The summed E-state index contributed by atoms with van der Waals surface area (Å²) in [5.41, 5.74) is 0. The van der Waals surface area contributed by atoms with E-state index in [2.05, 4.69) is 27.4 Å². The molecule has 1 aliphatic heterocycles. The van der Waals surface area contributed by atoms with E-state index in [9.17, 15) is 9.59 Å².